The molecule has 112 valence electrons. The summed E-state index contributed by atoms with van der Waals surface area (Å²) in [4.78, 5) is 25.7. The van der Waals surface area contributed by atoms with Crippen molar-refractivity contribution >= 4 is 16.7 Å². The van der Waals surface area contributed by atoms with Crippen LogP contribution in [0.1, 0.15) is 26.3 Å². The first kappa shape index (κ1) is 15.3. The van der Waals surface area contributed by atoms with E-state index in [2.05, 4.69) is 26.8 Å². The molecule has 0 aliphatic heterocycles. The molecule has 2 aromatic rings. The smallest absolute Gasteiger partial charge is 0.258 e. The predicted molar refractivity (Wildman–Crippen MR) is 85.6 cm³/mol. The number of rotatable bonds is 2. The van der Waals surface area contributed by atoms with Gasteiger partial charge in [-0.1, -0.05) is 32.9 Å². The molecule has 0 saturated heterocycles. The van der Waals surface area contributed by atoms with Crippen molar-refractivity contribution in [2.24, 2.45) is 0 Å². The van der Waals surface area contributed by atoms with E-state index in [9.17, 15) is 9.59 Å². The van der Waals surface area contributed by atoms with E-state index in [1.165, 1.54) is 15.0 Å². The Labute approximate surface area is 125 Å². The van der Waals surface area contributed by atoms with E-state index >= 15 is 0 Å². The molecule has 2 rings (SSSR count). The molecule has 0 unspecified atom stereocenters. The number of hydrogen-bond acceptors (Lipinski definition) is 2. The Hall–Kier alpha value is -2.10. The number of amides is 1. The van der Waals surface area contributed by atoms with Crippen molar-refractivity contribution < 1.29 is 4.79 Å². The van der Waals surface area contributed by atoms with E-state index < -0.39 is 0 Å². The largest absolute Gasteiger partial charge is 0.347 e. The van der Waals surface area contributed by atoms with Crippen LogP contribution in [0, 0.1) is 0 Å². The molecule has 0 spiro atoms. The van der Waals surface area contributed by atoms with E-state index in [-0.39, 0.29) is 23.4 Å². The van der Waals surface area contributed by atoms with Gasteiger partial charge in [0, 0.05) is 25.7 Å². The average molecular weight is 286 g/mol. The minimum Gasteiger partial charge on any atom is -0.347 e. The van der Waals surface area contributed by atoms with Crippen molar-refractivity contribution in [1.29, 1.82) is 0 Å². The van der Waals surface area contributed by atoms with E-state index in [0.29, 0.717) is 5.39 Å². The number of pyridine rings is 1. The summed E-state index contributed by atoms with van der Waals surface area (Å²) < 4.78 is 1.46. The molecule has 21 heavy (non-hydrogen) atoms. The van der Waals surface area contributed by atoms with Gasteiger partial charge in [-0.3, -0.25) is 9.59 Å². The summed E-state index contributed by atoms with van der Waals surface area (Å²) in [5.41, 5.74) is 1.11. The van der Waals surface area contributed by atoms with Crippen molar-refractivity contribution in [3.8, 4) is 0 Å². The van der Waals surface area contributed by atoms with Gasteiger partial charge in [-0.25, -0.2) is 0 Å². The van der Waals surface area contributed by atoms with Crippen LogP contribution in [-0.2, 0) is 16.8 Å². The normalized spacial score (nSPS) is 11.7. The molecule has 4 nitrogen and oxygen atoms in total. The van der Waals surface area contributed by atoms with Crippen LogP contribution < -0.4 is 5.56 Å². The number of hydrogen-bond donors (Lipinski definition) is 0. The Morgan fingerprint density at radius 3 is 2.43 bits per heavy atom. The van der Waals surface area contributed by atoms with Crippen LogP contribution in [0.2, 0.25) is 0 Å². The van der Waals surface area contributed by atoms with Gasteiger partial charge in [0.15, 0.2) is 0 Å². The fraction of sp³-hybridized carbons (Fsp3) is 0.412. The highest BCUT2D eigenvalue weighted by Crippen LogP contribution is 2.24. The lowest BCUT2D eigenvalue weighted by atomic mass is 9.86. The van der Waals surface area contributed by atoms with E-state index in [1.54, 1.807) is 20.3 Å². The molecule has 1 aromatic carbocycles. The zero-order chi connectivity index (χ0) is 15.8. The van der Waals surface area contributed by atoms with Gasteiger partial charge in [-0.05, 0) is 28.5 Å². The second-order valence-electron chi connectivity index (χ2n) is 6.59. The van der Waals surface area contributed by atoms with E-state index in [4.69, 9.17) is 0 Å². The number of aromatic nitrogens is 1. The fourth-order valence-electron chi connectivity index (χ4n) is 2.17. The van der Waals surface area contributed by atoms with Crippen LogP contribution in [0.15, 0.2) is 35.3 Å². The Morgan fingerprint density at radius 1 is 1.19 bits per heavy atom. The number of likely N-dealkylation sites (N-methyl/N-ethyl adjacent to an activating group) is 1. The highest BCUT2D eigenvalue weighted by atomic mass is 16.2. The molecule has 0 fully saturated rings. The molecule has 0 aliphatic rings. The second-order valence-corrected chi connectivity index (χ2v) is 6.59. The zero-order valence-electron chi connectivity index (χ0n) is 13.3. The highest BCUT2D eigenvalue weighted by molar-refractivity contribution is 5.83. The fourth-order valence-corrected chi connectivity index (χ4v) is 2.17. The molecule has 0 aliphatic carbocycles. The van der Waals surface area contributed by atoms with Gasteiger partial charge < -0.3 is 9.47 Å². The number of benzene rings is 1. The SMILES string of the molecule is CN(C)C(=O)Cn1ccc2cc(C(C)(C)C)ccc2c1=O. The first-order valence-corrected chi connectivity index (χ1v) is 7.04. The maximum Gasteiger partial charge on any atom is 0.258 e. The third kappa shape index (κ3) is 3.15. The molecule has 1 heterocycles. The Bertz CT molecular complexity index is 737. The van der Waals surface area contributed by atoms with Crippen LogP contribution >= 0.6 is 0 Å². The maximum atomic E-state index is 12.4. The van der Waals surface area contributed by atoms with Gasteiger partial charge in [0.2, 0.25) is 5.91 Å². The first-order valence-electron chi connectivity index (χ1n) is 7.04. The van der Waals surface area contributed by atoms with Gasteiger partial charge in [0.1, 0.15) is 6.54 Å². The maximum absolute atomic E-state index is 12.4. The summed E-state index contributed by atoms with van der Waals surface area (Å²) >= 11 is 0. The molecule has 0 bridgehead atoms. The van der Waals surface area contributed by atoms with Gasteiger partial charge in [-0.2, -0.15) is 0 Å². The van der Waals surface area contributed by atoms with Gasteiger partial charge in [0.05, 0.1) is 0 Å². The Balaban J connectivity index is 2.49. The molecule has 4 heteroatoms. The summed E-state index contributed by atoms with van der Waals surface area (Å²) in [6.07, 6.45) is 1.69. The average Bonchev–Trinajstić information content (AvgIpc) is 2.40. The van der Waals surface area contributed by atoms with Crippen LogP contribution in [0.5, 0.6) is 0 Å². The minimum absolute atomic E-state index is 0.0456. The third-order valence-electron chi connectivity index (χ3n) is 3.65. The molecule has 0 saturated carbocycles. The van der Waals surface area contributed by atoms with Crippen molar-refractivity contribution in [3.63, 3.8) is 0 Å². The minimum atomic E-state index is -0.122. The van der Waals surface area contributed by atoms with Crippen molar-refractivity contribution in [3.05, 3.63) is 46.4 Å². The second kappa shape index (κ2) is 5.35. The van der Waals surface area contributed by atoms with Crippen LogP contribution in [0.4, 0.5) is 0 Å². The quantitative estimate of drug-likeness (QED) is 0.850. The molecule has 1 aromatic heterocycles. The van der Waals surface area contributed by atoms with Crippen LogP contribution in [-0.4, -0.2) is 29.5 Å². The third-order valence-corrected chi connectivity index (χ3v) is 3.65. The van der Waals surface area contributed by atoms with Crippen molar-refractivity contribution in [1.82, 2.24) is 9.47 Å². The molecule has 0 radical (unpaired) electrons. The molecule has 0 atom stereocenters. The Kier molecular flexibility index (Phi) is 3.90. The summed E-state index contributed by atoms with van der Waals surface area (Å²) in [6, 6.07) is 7.79. The van der Waals surface area contributed by atoms with E-state index in [0.717, 1.165) is 5.39 Å². The topological polar surface area (TPSA) is 42.3 Å². The lowest BCUT2D eigenvalue weighted by molar-refractivity contribution is -0.129. The monoisotopic (exact) mass is 286 g/mol. The van der Waals surface area contributed by atoms with Gasteiger partial charge >= 0.3 is 0 Å². The predicted octanol–water partition coefficient (Wildman–Crippen LogP) is 2.39. The molecule has 0 N–H and O–H groups in total. The number of carbonyl (C=O) groups is 1. The first-order chi connectivity index (χ1) is 9.70. The lowest BCUT2D eigenvalue weighted by Gasteiger charge is -2.19. The van der Waals surface area contributed by atoms with Crippen LogP contribution in [0.25, 0.3) is 10.8 Å². The summed E-state index contributed by atoms with van der Waals surface area (Å²) in [5.74, 6) is -0.0947. The molecular formula is C17H22N2O2. The van der Waals surface area contributed by atoms with Gasteiger partial charge in [-0.15, -0.1) is 0 Å². The van der Waals surface area contributed by atoms with Crippen LogP contribution in [0.3, 0.4) is 0 Å². The summed E-state index contributed by atoms with van der Waals surface area (Å²) in [6.45, 7) is 6.50. The lowest BCUT2D eigenvalue weighted by Crippen LogP contribution is -2.31. The molecular weight excluding hydrogens is 264 g/mol. The summed E-state index contributed by atoms with van der Waals surface area (Å²) in [7, 11) is 3.37. The number of nitrogens with zero attached hydrogens (tertiary/aromatic N) is 2. The highest BCUT2D eigenvalue weighted by Gasteiger charge is 2.15. The summed E-state index contributed by atoms with van der Waals surface area (Å²) in [5, 5.41) is 1.57. The molecule has 1 amide bonds. The number of fused-ring (bicyclic) bond motifs is 1. The number of carbonyl (C=O) groups excluding carboxylic acids is 1. The van der Waals surface area contributed by atoms with E-state index in [1.807, 2.05) is 18.2 Å². The standard InChI is InChI=1S/C17H22N2O2/c1-17(2,3)13-6-7-14-12(10-13)8-9-19(16(14)21)11-15(20)18(4)5/h6-10H,11H2,1-5H3. The van der Waals surface area contributed by atoms with Crippen molar-refractivity contribution in [2.75, 3.05) is 14.1 Å². The van der Waals surface area contributed by atoms with Crippen molar-refractivity contribution in [2.45, 2.75) is 32.7 Å². The Morgan fingerprint density at radius 2 is 1.86 bits per heavy atom. The zero-order valence-corrected chi connectivity index (χ0v) is 13.3. The van der Waals surface area contributed by atoms with Gasteiger partial charge in [0.25, 0.3) is 5.56 Å².